The molecule has 0 bridgehead atoms. The van der Waals surface area contributed by atoms with Crippen LogP contribution in [-0.2, 0) is 18.4 Å². The molecule has 1 fully saturated rings. The van der Waals surface area contributed by atoms with E-state index in [0.717, 1.165) is 50.2 Å². The van der Waals surface area contributed by atoms with Crippen LogP contribution in [0.4, 0.5) is 10.1 Å². The van der Waals surface area contributed by atoms with Crippen LogP contribution in [-0.4, -0.2) is 33.7 Å². The van der Waals surface area contributed by atoms with Crippen molar-refractivity contribution in [1.29, 1.82) is 0 Å². The minimum absolute atomic E-state index is 0.124. The lowest BCUT2D eigenvalue weighted by Crippen LogP contribution is -2.35. The van der Waals surface area contributed by atoms with Crippen molar-refractivity contribution in [1.82, 2.24) is 14.7 Å². The Bertz CT molecular complexity index is 1020. The average molecular weight is 421 g/mol. The van der Waals surface area contributed by atoms with Gasteiger partial charge in [0.1, 0.15) is 5.82 Å². The third-order valence-electron chi connectivity index (χ3n) is 5.88. The van der Waals surface area contributed by atoms with Gasteiger partial charge >= 0.3 is 0 Å². The van der Waals surface area contributed by atoms with Gasteiger partial charge in [-0.15, -0.1) is 0 Å². The zero-order valence-electron chi connectivity index (χ0n) is 17.9. The first-order chi connectivity index (χ1) is 15.1. The maximum Gasteiger partial charge on any atom is 0.224 e. The number of halogens is 1. The Labute approximate surface area is 182 Å². The van der Waals surface area contributed by atoms with E-state index in [1.165, 1.54) is 11.6 Å². The van der Waals surface area contributed by atoms with E-state index in [1.807, 2.05) is 29.9 Å². The zero-order valence-corrected chi connectivity index (χ0v) is 17.9. The van der Waals surface area contributed by atoms with Crippen molar-refractivity contribution in [2.45, 2.75) is 32.2 Å². The molecule has 162 valence electrons. The monoisotopic (exact) mass is 420 g/mol. The van der Waals surface area contributed by atoms with E-state index >= 15 is 0 Å². The lowest BCUT2D eigenvalue weighted by atomic mass is 9.93. The second-order valence-corrected chi connectivity index (χ2v) is 8.35. The number of nitrogens with one attached hydrogen (secondary N) is 1. The fourth-order valence-corrected chi connectivity index (χ4v) is 4.37. The molecule has 0 saturated carbocycles. The van der Waals surface area contributed by atoms with Crippen molar-refractivity contribution in [2.75, 3.05) is 18.4 Å². The molecule has 6 heteroatoms. The van der Waals surface area contributed by atoms with E-state index in [2.05, 4.69) is 33.6 Å². The van der Waals surface area contributed by atoms with Gasteiger partial charge in [-0.3, -0.25) is 14.4 Å². The molecule has 0 aliphatic carbocycles. The van der Waals surface area contributed by atoms with Crippen LogP contribution in [0.5, 0.6) is 0 Å². The van der Waals surface area contributed by atoms with E-state index in [4.69, 9.17) is 0 Å². The van der Waals surface area contributed by atoms with Gasteiger partial charge in [0.25, 0.3) is 0 Å². The number of carbonyl (C=O) groups excluding carboxylic acids is 1. The Morgan fingerprint density at radius 1 is 1.16 bits per heavy atom. The molecule has 1 aliphatic heterocycles. The van der Waals surface area contributed by atoms with Crippen LogP contribution in [0.3, 0.4) is 0 Å². The third kappa shape index (κ3) is 5.58. The molecular weight excluding hydrogens is 391 g/mol. The summed E-state index contributed by atoms with van der Waals surface area (Å²) < 4.78 is 15.6. The zero-order chi connectivity index (χ0) is 21.6. The number of anilines is 1. The van der Waals surface area contributed by atoms with E-state index in [0.29, 0.717) is 12.3 Å². The molecular formula is C25H29FN4O. The Morgan fingerprint density at radius 3 is 2.74 bits per heavy atom. The van der Waals surface area contributed by atoms with Crippen LogP contribution in [0, 0.1) is 11.7 Å². The van der Waals surface area contributed by atoms with Gasteiger partial charge in [-0.2, -0.15) is 5.10 Å². The van der Waals surface area contributed by atoms with Crippen molar-refractivity contribution in [3.05, 3.63) is 72.2 Å². The van der Waals surface area contributed by atoms with E-state index < -0.39 is 5.82 Å². The number of likely N-dealkylation sites (tertiary alicyclic amines) is 1. The maximum absolute atomic E-state index is 13.7. The van der Waals surface area contributed by atoms with E-state index in [9.17, 15) is 9.18 Å². The maximum atomic E-state index is 13.7. The lowest BCUT2D eigenvalue weighted by molar-refractivity contribution is -0.116. The van der Waals surface area contributed by atoms with Gasteiger partial charge in [-0.05, 0) is 43.9 Å². The van der Waals surface area contributed by atoms with Gasteiger partial charge in [-0.25, -0.2) is 4.39 Å². The molecule has 3 aromatic rings. The Morgan fingerprint density at radius 2 is 1.94 bits per heavy atom. The number of piperidine rings is 1. The molecule has 1 amide bonds. The summed E-state index contributed by atoms with van der Waals surface area (Å²) in [5.74, 6) is -0.0526. The van der Waals surface area contributed by atoms with E-state index in [1.54, 1.807) is 18.2 Å². The van der Waals surface area contributed by atoms with Crippen molar-refractivity contribution in [3.63, 3.8) is 0 Å². The minimum atomic E-state index is -0.398. The predicted molar refractivity (Wildman–Crippen MR) is 121 cm³/mol. The first-order valence-electron chi connectivity index (χ1n) is 10.9. The lowest BCUT2D eigenvalue weighted by Gasteiger charge is -2.32. The fraction of sp³-hybridized carbons (Fsp3) is 0.360. The average Bonchev–Trinajstić information content (AvgIpc) is 3.15. The SMILES string of the molecule is Cn1cc(CN2CCCC(CCC(=O)Nc3ccccc3F)C2)c(-c2ccccc2)n1. The van der Waals surface area contributed by atoms with Crippen molar-refractivity contribution in [2.24, 2.45) is 13.0 Å². The number of benzene rings is 2. The van der Waals surface area contributed by atoms with Gasteiger partial charge in [0.15, 0.2) is 0 Å². The van der Waals surface area contributed by atoms with Crippen molar-refractivity contribution < 1.29 is 9.18 Å². The largest absolute Gasteiger partial charge is 0.324 e. The van der Waals surface area contributed by atoms with Crippen LogP contribution in [0.1, 0.15) is 31.2 Å². The smallest absolute Gasteiger partial charge is 0.224 e. The summed E-state index contributed by atoms with van der Waals surface area (Å²) in [6.07, 6.45) is 5.58. The number of rotatable bonds is 7. The van der Waals surface area contributed by atoms with Gasteiger partial charge in [-0.1, -0.05) is 42.5 Å². The number of para-hydroxylation sites is 1. The molecule has 1 atom stereocenters. The van der Waals surface area contributed by atoms with Crippen LogP contribution < -0.4 is 5.32 Å². The summed E-state index contributed by atoms with van der Waals surface area (Å²) in [7, 11) is 1.96. The number of aryl methyl sites for hydroxylation is 1. The summed E-state index contributed by atoms with van der Waals surface area (Å²) in [6, 6.07) is 16.6. The highest BCUT2D eigenvalue weighted by molar-refractivity contribution is 5.90. The van der Waals surface area contributed by atoms with Crippen LogP contribution >= 0.6 is 0 Å². The summed E-state index contributed by atoms with van der Waals surface area (Å²) >= 11 is 0. The first kappa shape index (κ1) is 21.2. The van der Waals surface area contributed by atoms with Crippen LogP contribution in [0.15, 0.2) is 60.8 Å². The molecule has 1 aromatic heterocycles. The van der Waals surface area contributed by atoms with Crippen LogP contribution in [0.25, 0.3) is 11.3 Å². The topological polar surface area (TPSA) is 50.2 Å². The highest BCUT2D eigenvalue weighted by Crippen LogP contribution is 2.27. The van der Waals surface area contributed by atoms with Gasteiger partial charge in [0.05, 0.1) is 11.4 Å². The Kier molecular flexibility index (Phi) is 6.77. The summed E-state index contributed by atoms with van der Waals surface area (Å²) in [5.41, 5.74) is 3.65. The number of carbonyl (C=O) groups is 1. The van der Waals surface area contributed by atoms with Gasteiger partial charge < -0.3 is 5.32 Å². The second-order valence-electron chi connectivity index (χ2n) is 8.35. The molecule has 5 nitrogen and oxygen atoms in total. The standard InChI is InChI=1S/C25H29FN4O/c1-29-17-21(25(28-29)20-9-3-2-4-10-20)18-30-15-7-8-19(16-30)13-14-24(31)27-23-12-6-5-11-22(23)26/h2-6,9-12,17,19H,7-8,13-16,18H2,1H3,(H,27,31). The molecule has 4 rings (SSSR count). The summed E-state index contributed by atoms with van der Waals surface area (Å²) in [4.78, 5) is 14.7. The predicted octanol–water partition coefficient (Wildman–Crippen LogP) is 4.86. The van der Waals surface area contributed by atoms with E-state index in [-0.39, 0.29) is 11.6 Å². The molecule has 0 spiro atoms. The number of nitrogens with zero attached hydrogens (tertiary/aromatic N) is 3. The highest BCUT2D eigenvalue weighted by Gasteiger charge is 2.22. The molecule has 31 heavy (non-hydrogen) atoms. The normalized spacial score (nSPS) is 16.9. The number of amides is 1. The Balaban J connectivity index is 1.32. The summed E-state index contributed by atoms with van der Waals surface area (Å²) in [5, 5.41) is 7.37. The molecule has 1 N–H and O–H groups in total. The van der Waals surface area contributed by atoms with Crippen molar-refractivity contribution in [3.8, 4) is 11.3 Å². The molecule has 1 aliphatic rings. The fourth-order valence-electron chi connectivity index (χ4n) is 4.37. The molecule has 0 radical (unpaired) electrons. The minimum Gasteiger partial charge on any atom is -0.324 e. The van der Waals surface area contributed by atoms with Crippen molar-refractivity contribution >= 4 is 11.6 Å². The highest BCUT2D eigenvalue weighted by atomic mass is 19.1. The first-order valence-corrected chi connectivity index (χ1v) is 10.9. The molecule has 2 heterocycles. The quantitative estimate of drug-likeness (QED) is 0.594. The second kappa shape index (κ2) is 9.88. The number of aromatic nitrogens is 2. The van der Waals surface area contributed by atoms with Gasteiger partial charge in [0, 0.05) is 43.9 Å². The molecule has 2 aromatic carbocycles. The Hall–Kier alpha value is -2.99. The third-order valence-corrected chi connectivity index (χ3v) is 5.88. The van der Waals surface area contributed by atoms with Gasteiger partial charge in [0.2, 0.25) is 5.91 Å². The molecule has 1 unspecified atom stereocenters. The van der Waals surface area contributed by atoms with Crippen LogP contribution in [0.2, 0.25) is 0 Å². The number of hydrogen-bond acceptors (Lipinski definition) is 3. The number of hydrogen-bond donors (Lipinski definition) is 1. The molecule has 1 saturated heterocycles. The summed E-state index contributed by atoms with van der Waals surface area (Å²) in [6.45, 7) is 2.88.